The van der Waals surface area contributed by atoms with E-state index in [1.165, 1.54) is 5.69 Å². The second kappa shape index (κ2) is 5.73. The predicted octanol–water partition coefficient (Wildman–Crippen LogP) is 2.00. The van der Waals surface area contributed by atoms with Crippen LogP contribution in [0.25, 0.3) is 0 Å². The lowest BCUT2D eigenvalue weighted by Crippen LogP contribution is -2.46. The van der Waals surface area contributed by atoms with Crippen molar-refractivity contribution in [1.29, 1.82) is 0 Å². The molecule has 0 radical (unpaired) electrons. The van der Waals surface area contributed by atoms with Crippen molar-refractivity contribution in [3.05, 3.63) is 36.9 Å². The molecular formula is C14H20N2O. The molecule has 0 bridgehead atoms. The van der Waals surface area contributed by atoms with E-state index in [2.05, 4.69) is 28.5 Å². The van der Waals surface area contributed by atoms with Gasteiger partial charge in [-0.2, -0.15) is 0 Å². The van der Waals surface area contributed by atoms with E-state index in [0.717, 1.165) is 38.5 Å². The molecule has 0 spiro atoms. The molecule has 1 aliphatic rings. The fourth-order valence-corrected chi connectivity index (χ4v) is 2.24. The minimum atomic E-state index is 0.963. The molecule has 0 aliphatic carbocycles. The fraction of sp³-hybridized carbons (Fsp3) is 0.429. The van der Waals surface area contributed by atoms with Gasteiger partial charge in [0.25, 0.3) is 0 Å². The molecule has 0 N–H and O–H groups in total. The number of benzene rings is 1. The summed E-state index contributed by atoms with van der Waals surface area (Å²) in [5.74, 6) is 0.963. The quantitative estimate of drug-likeness (QED) is 0.739. The molecule has 0 amide bonds. The van der Waals surface area contributed by atoms with Crippen molar-refractivity contribution in [2.75, 3.05) is 44.7 Å². The zero-order valence-electron chi connectivity index (χ0n) is 10.4. The van der Waals surface area contributed by atoms with Crippen LogP contribution >= 0.6 is 0 Å². The Morgan fingerprint density at radius 2 is 1.94 bits per heavy atom. The van der Waals surface area contributed by atoms with E-state index in [-0.39, 0.29) is 0 Å². The lowest BCUT2D eigenvalue weighted by atomic mass is 10.2. The molecule has 3 nitrogen and oxygen atoms in total. The van der Waals surface area contributed by atoms with Crippen LogP contribution in [0.3, 0.4) is 0 Å². The molecule has 1 aromatic rings. The van der Waals surface area contributed by atoms with E-state index in [4.69, 9.17) is 4.74 Å². The topological polar surface area (TPSA) is 15.7 Å². The van der Waals surface area contributed by atoms with E-state index in [1.807, 2.05) is 18.2 Å². The first-order valence-corrected chi connectivity index (χ1v) is 6.06. The third kappa shape index (κ3) is 2.80. The Balaban J connectivity index is 2.02. The highest BCUT2D eigenvalue weighted by Crippen LogP contribution is 2.28. The van der Waals surface area contributed by atoms with Crippen LogP contribution in [0, 0.1) is 0 Å². The van der Waals surface area contributed by atoms with Gasteiger partial charge in [0.15, 0.2) is 0 Å². The number of hydrogen-bond donors (Lipinski definition) is 0. The lowest BCUT2D eigenvalue weighted by Gasteiger charge is -2.36. The van der Waals surface area contributed by atoms with Crippen molar-refractivity contribution in [2.45, 2.75) is 0 Å². The van der Waals surface area contributed by atoms with Crippen LogP contribution in [0.2, 0.25) is 0 Å². The van der Waals surface area contributed by atoms with Crippen LogP contribution in [0.1, 0.15) is 0 Å². The number of nitrogens with zero attached hydrogens (tertiary/aromatic N) is 2. The highest BCUT2D eigenvalue weighted by molar-refractivity contribution is 5.58. The number of para-hydroxylation sites is 2. The minimum absolute atomic E-state index is 0.963. The van der Waals surface area contributed by atoms with Gasteiger partial charge < -0.3 is 9.64 Å². The molecule has 17 heavy (non-hydrogen) atoms. The number of anilines is 1. The largest absolute Gasteiger partial charge is 0.495 e. The molecular weight excluding hydrogens is 212 g/mol. The molecule has 1 fully saturated rings. The predicted molar refractivity (Wildman–Crippen MR) is 71.8 cm³/mol. The fourth-order valence-electron chi connectivity index (χ4n) is 2.24. The van der Waals surface area contributed by atoms with Crippen LogP contribution in [-0.4, -0.2) is 44.7 Å². The zero-order valence-corrected chi connectivity index (χ0v) is 10.4. The summed E-state index contributed by atoms with van der Waals surface area (Å²) >= 11 is 0. The van der Waals surface area contributed by atoms with E-state index < -0.39 is 0 Å². The van der Waals surface area contributed by atoms with Crippen LogP contribution in [0.15, 0.2) is 36.9 Å². The lowest BCUT2D eigenvalue weighted by molar-refractivity contribution is 0.283. The van der Waals surface area contributed by atoms with Gasteiger partial charge in [0.05, 0.1) is 12.8 Å². The monoisotopic (exact) mass is 232 g/mol. The average molecular weight is 232 g/mol. The number of hydrogen-bond acceptors (Lipinski definition) is 3. The van der Waals surface area contributed by atoms with E-state index in [1.54, 1.807) is 7.11 Å². The van der Waals surface area contributed by atoms with Crippen LogP contribution < -0.4 is 9.64 Å². The maximum Gasteiger partial charge on any atom is 0.142 e. The maximum absolute atomic E-state index is 5.40. The summed E-state index contributed by atoms with van der Waals surface area (Å²) in [5, 5.41) is 0. The molecule has 1 aromatic carbocycles. The summed E-state index contributed by atoms with van der Waals surface area (Å²) in [5.41, 5.74) is 1.20. The highest BCUT2D eigenvalue weighted by Gasteiger charge is 2.18. The Morgan fingerprint density at radius 3 is 2.59 bits per heavy atom. The Kier molecular flexibility index (Phi) is 4.04. The first-order valence-electron chi connectivity index (χ1n) is 6.06. The Morgan fingerprint density at radius 1 is 1.24 bits per heavy atom. The van der Waals surface area contributed by atoms with Crippen molar-refractivity contribution in [2.24, 2.45) is 0 Å². The average Bonchev–Trinajstić information content (AvgIpc) is 2.40. The van der Waals surface area contributed by atoms with Gasteiger partial charge in [-0.3, -0.25) is 4.90 Å². The molecule has 1 aliphatic heterocycles. The van der Waals surface area contributed by atoms with Gasteiger partial charge in [0.2, 0.25) is 0 Å². The van der Waals surface area contributed by atoms with E-state index >= 15 is 0 Å². The first-order chi connectivity index (χ1) is 8.35. The Labute approximate surface area is 103 Å². The number of methoxy groups -OCH3 is 1. The molecule has 92 valence electrons. The molecule has 0 atom stereocenters. The van der Waals surface area contributed by atoms with Crippen molar-refractivity contribution in [3.63, 3.8) is 0 Å². The van der Waals surface area contributed by atoms with Gasteiger partial charge in [0, 0.05) is 32.7 Å². The summed E-state index contributed by atoms with van der Waals surface area (Å²) in [6.07, 6.45) is 1.97. The Bertz CT molecular complexity index is 370. The molecule has 0 saturated carbocycles. The van der Waals surface area contributed by atoms with Gasteiger partial charge in [0.1, 0.15) is 5.75 Å². The summed E-state index contributed by atoms with van der Waals surface area (Å²) in [4.78, 5) is 4.80. The van der Waals surface area contributed by atoms with Gasteiger partial charge >= 0.3 is 0 Å². The third-order valence-corrected chi connectivity index (χ3v) is 3.19. The number of ether oxygens (including phenoxy) is 1. The van der Waals surface area contributed by atoms with Crippen molar-refractivity contribution in [1.82, 2.24) is 4.90 Å². The summed E-state index contributed by atoms with van der Waals surface area (Å²) in [6, 6.07) is 8.22. The van der Waals surface area contributed by atoms with Crippen LogP contribution in [-0.2, 0) is 0 Å². The molecule has 2 rings (SSSR count). The standard InChI is InChI=1S/C14H20N2O/c1-3-8-15-9-11-16(12-10-15)13-6-4-5-7-14(13)17-2/h3-7H,1,8-12H2,2H3. The number of piperazine rings is 1. The first kappa shape index (κ1) is 12.0. The Hall–Kier alpha value is -1.48. The second-order valence-electron chi connectivity index (χ2n) is 4.25. The summed E-state index contributed by atoms with van der Waals surface area (Å²) in [6.45, 7) is 9.04. The second-order valence-corrected chi connectivity index (χ2v) is 4.25. The SMILES string of the molecule is C=CCN1CCN(c2ccccc2OC)CC1. The van der Waals surface area contributed by atoms with Crippen molar-refractivity contribution < 1.29 is 4.74 Å². The third-order valence-electron chi connectivity index (χ3n) is 3.19. The van der Waals surface area contributed by atoms with Crippen LogP contribution in [0.4, 0.5) is 5.69 Å². The highest BCUT2D eigenvalue weighted by atomic mass is 16.5. The number of rotatable bonds is 4. The smallest absolute Gasteiger partial charge is 0.142 e. The molecule has 1 heterocycles. The molecule has 3 heteroatoms. The zero-order chi connectivity index (χ0) is 12.1. The normalized spacial score (nSPS) is 16.9. The maximum atomic E-state index is 5.40. The minimum Gasteiger partial charge on any atom is -0.495 e. The molecule has 0 unspecified atom stereocenters. The summed E-state index contributed by atoms with van der Waals surface area (Å²) < 4.78 is 5.40. The van der Waals surface area contributed by atoms with Crippen molar-refractivity contribution in [3.8, 4) is 5.75 Å². The van der Waals surface area contributed by atoms with E-state index in [9.17, 15) is 0 Å². The van der Waals surface area contributed by atoms with Gasteiger partial charge in [-0.1, -0.05) is 18.2 Å². The van der Waals surface area contributed by atoms with Gasteiger partial charge in [-0.05, 0) is 12.1 Å². The molecule has 0 aromatic heterocycles. The summed E-state index contributed by atoms with van der Waals surface area (Å²) in [7, 11) is 1.73. The van der Waals surface area contributed by atoms with Gasteiger partial charge in [-0.15, -0.1) is 6.58 Å². The van der Waals surface area contributed by atoms with Crippen molar-refractivity contribution >= 4 is 5.69 Å². The van der Waals surface area contributed by atoms with E-state index in [0.29, 0.717) is 0 Å². The van der Waals surface area contributed by atoms with Crippen LogP contribution in [0.5, 0.6) is 5.75 Å². The molecule has 1 saturated heterocycles. The van der Waals surface area contributed by atoms with Gasteiger partial charge in [-0.25, -0.2) is 0 Å².